The molecule has 22 heavy (non-hydrogen) atoms. The molecule has 1 amide bonds. The maximum absolute atomic E-state index is 12.0. The topological polar surface area (TPSA) is 67.2 Å². The van der Waals surface area contributed by atoms with Gasteiger partial charge >= 0.3 is 0 Å². The first-order valence-electron chi connectivity index (χ1n) is 7.48. The summed E-state index contributed by atoms with van der Waals surface area (Å²) in [6.45, 7) is 7.14. The number of amides is 1. The zero-order valence-electron chi connectivity index (χ0n) is 13.3. The van der Waals surface area contributed by atoms with E-state index in [-0.39, 0.29) is 18.4 Å². The fraction of sp³-hybridized carbons (Fsp3) is 0.412. The number of aromatic nitrogens is 2. The van der Waals surface area contributed by atoms with Crippen molar-refractivity contribution in [1.82, 2.24) is 15.1 Å². The van der Waals surface area contributed by atoms with Crippen LogP contribution in [0.1, 0.15) is 34.2 Å². The van der Waals surface area contributed by atoms with E-state index in [0.717, 1.165) is 17.0 Å². The van der Waals surface area contributed by atoms with Crippen molar-refractivity contribution in [2.24, 2.45) is 5.92 Å². The lowest BCUT2D eigenvalue weighted by Crippen LogP contribution is -2.29. The van der Waals surface area contributed by atoms with Crippen LogP contribution in [0.15, 0.2) is 30.3 Å². The highest BCUT2D eigenvalue weighted by atomic mass is 16.3. The predicted molar refractivity (Wildman–Crippen MR) is 85.8 cm³/mol. The van der Waals surface area contributed by atoms with Crippen molar-refractivity contribution in [3.8, 4) is 0 Å². The summed E-state index contributed by atoms with van der Waals surface area (Å²) in [6, 6.07) is 9.58. The Balaban J connectivity index is 1.98. The number of carbonyl (C=O) groups excluding carboxylic acids is 1. The van der Waals surface area contributed by atoms with E-state index in [2.05, 4.69) is 10.4 Å². The zero-order chi connectivity index (χ0) is 16.1. The number of rotatable bonds is 6. The van der Waals surface area contributed by atoms with Crippen LogP contribution in [0.5, 0.6) is 0 Å². The second-order valence-corrected chi connectivity index (χ2v) is 5.78. The number of nitrogens with one attached hydrogen (secondary N) is 1. The molecule has 1 aromatic heterocycles. The lowest BCUT2D eigenvalue weighted by molar-refractivity contribution is 0.0942. The van der Waals surface area contributed by atoms with Gasteiger partial charge in [-0.1, -0.05) is 19.1 Å². The van der Waals surface area contributed by atoms with Gasteiger partial charge < -0.3 is 10.4 Å². The SMILES string of the molecule is Cc1cc(C)n(Cc2ccc(C(=O)NCC(C)CO)cc2)n1. The van der Waals surface area contributed by atoms with Crippen LogP contribution in [0.3, 0.4) is 0 Å². The van der Waals surface area contributed by atoms with E-state index in [1.807, 2.05) is 55.8 Å². The number of benzene rings is 1. The van der Waals surface area contributed by atoms with Gasteiger partial charge in [0.2, 0.25) is 0 Å². The van der Waals surface area contributed by atoms with Gasteiger partial charge in [0, 0.05) is 24.4 Å². The molecule has 0 fully saturated rings. The van der Waals surface area contributed by atoms with E-state index < -0.39 is 0 Å². The van der Waals surface area contributed by atoms with E-state index >= 15 is 0 Å². The van der Waals surface area contributed by atoms with Crippen LogP contribution in [-0.4, -0.2) is 33.9 Å². The van der Waals surface area contributed by atoms with Crippen LogP contribution in [-0.2, 0) is 6.54 Å². The largest absolute Gasteiger partial charge is 0.396 e. The molecule has 5 heteroatoms. The second kappa shape index (κ2) is 7.22. The minimum atomic E-state index is -0.113. The molecular formula is C17H23N3O2. The average Bonchev–Trinajstić information content (AvgIpc) is 2.82. The van der Waals surface area contributed by atoms with E-state index in [4.69, 9.17) is 5.11 Å². The van der Waals surface area contributed by atoms with Crippen molar-refractivity contribution in [3.05, 3.63) is 52.8 Å². The molecule has 1 heterocycles. The van der Waals surface area contributed by atoms with Crippen LogP contribution in [0.2, 0.25) is 0 Å². The molecule has 2 aromatic rings. The Hall–Kier alpha value is -2.14. The van der Waals surface area contributed by atoms with Gasteiger partial charge in [-0.25, -0.2) is 0 Å². The van der Waals surface area contributed by atoms with Crippen LogP contribution in [0.4, 0.5) is 0 Å². The number of aliphatic hydroxyl groups excluding tert-OH is 1. The first-order chi connectivity index (χ1) is 10.5. The predicted octanol–water partition coefficient (Wildman–Crippen LogP) is 1.91. The Morgan fingerprint density at radius 1 is 1.32 bits per heavy atom. The van der Waals surface area contributed by atoms with Crippen LogP contribution < -0.4 is 5.32 Å². The highest BCUT2D eigenvalue weighted by molar-refractivity contribution is 5.94. The quantitative estimate of drug-likeness (QED) is 0.856. The smallest absolute Gasteiger partial charge is 0.251 e. The first-order valence-corrected chi connectivity index (χ1v) is 7.48. The maximum Gasteiger partial charge on any atom is 0.251 e. The van der Waals surface area contributed by atoms with Crippen LogP contribution in [0, 0.1) is 19.8 Å². The van der Waals surface area contributed by atoms with Gasteiger partial charge in [-0.2, -0.15) is 5.10 Å². The normalized spacial score (nSPS) is 12.2. The first kappa shape index (κ1) is 16.2. The third-order valence-corrected chi connectivity index (χ3v) is 3.57. The summed E-state index contributed by atoms with van der Waals surface area (Å²) in [4.78, 5) is 12.0. The third kappa shape index (κ3) is 4.18. The number of hydrogen-bond acceptors (Lipinski definition) is 3. The van der Waals surface area contributed by atoms with Crippen molar-refractivity contribution in [1.29, 1.82) is 0 Å². The molecule has 2 rings (SSSR count). The summed E-state index contributed by atoms with van der Waals surface area (Å²) >= 11 is 0. The van der Waals surface area contributed by atoms with E-state index in [1.165, 1.54) is 0 Å². The summed E-state index contributed by atoms with van der Waals surface area (Å²) < 4.78 is 1.95. The van der Waals surface area contributed by atoms with Gasteiger partial charge in [0.25, 0.3) is 5.91 Å². The number of aliphatic hydroxyl groups is 1. The molecule has 0 bridgehead atoms. The van der Waals surface area contributed by atoms with Crippen molar-refractivity contribution in [3.63, 3.8) is 0 Å². The van der Waals surface area contributed by atoms with Gasteiger partial charge in [0.05, 0.1) is 12.2 Å². The Bertz CT molecular complexity index is 632. The molecule has 1 aromatic carbocycles. The number of nitrogens with zero attached hydrogens (tertiary/aromatic N) is 2. The molecule has 0 spiro atoms. The minimum Gasteiger partial charge on any atom is -0.396 e. The fourth-order valence-electron chi connectivity index (χ4n) is 2.20. The molecular weight excluding hydrogens is 278 g/mol. The maximum atomic E-state index is 12.0. The monoisotopic (exact) mass is 301 g/mol. The Kier molecular flexibility index (Phi) is 5.33. The molecule has 0 saturated carbocycles. The summed E-state index contributed by atoms with van der Waals surface area (Å²) in [5, 5.41) is 16.2. The molecule has 0 radical (unpaired) electrons. The van der Waals surface area contributed by atoms with Crippen molar-refractivity contribution >= 4 is 5.91 Å². The Morgan fingerprint density at radius 2 is 2.00 bits per heavy atom. The van der Waals surface area contributed by atoms with Gasteiger partial charge in [-0.15, -0.1) is 0 Å². The molecule has 0 aliphatic carbocycles. The fourth-order valence-corrected chi connectivity index (χ4v) is 2.20. The molecule has 0 aliphatic rings. The van der Waals surface area contributed by atoms with Crippen LogP contribution >= 0.6 is 0 Å². The number of aryl methyl sites for hydroxylation is 2. The molecule has 118 valence electrons. The zero-order valence-corrected chi connectivity index (χ0v) is 13.3. The molecule has 5 nitrogen and oxygen atoms in total. The number of carbonyl (C=O) groups is 1. The van der Waals surface area contributed by atoms with E-state index in [1.54, 1.807) is 0 Å². The highest BCUT2D eigenvalue weighted by Gasteiger charge is 2.08. The molecule has 1 unspecified atom stereocenters. The summed E-state index contributed by atoms with van der Waals surface area (Å²) in [6.07, 6.45) is 0. The van der Waals surface area contributed by atoms with Crippen molar-refractivity contribution in [2.75, 3.05) is 13.2 Å². The molecule has 0 aliphatic heterocycles. The Labute approximate surface area is 131 Å². The van der Waals surface area contributed by atoms with E-state index in [9.17, 15) is 4.79 Å². The minimum absolute atomic E-state index is 0.0641. The summed E-state index contributed by atoms with van der Waals surface area (Å²) in [5.41, 5.74) is 3.86. The van der Waals surface area contributed by atoms with Gasteiger partial charge in [0.15, 0.2) is 0 Å². The average molecular weight is 301 g/mol. The molecule has 0 saturated heterocycles. The summed E-state index contributed by atoms with van der Waals surface area (Å²) in [5.74, 6) is -0.0489. The van der Waals surface area contributed by atoms with Gasteiger partial charge in [-0.3, -0.25) is 9.48 Å². The standard InChI is InChI=1S/C17H23N3O2/c1-12(11-21)9-18-17(22)16-6-4-15(5-7-16)10-20-14(3)8-13(2)19-20/h4-8,12,21H,9-11H2,1-3H3,(H,18,22). The Morgan fingerprint density at radius 3 is 2.55 bits per heavy atom. The molecule has 2 N–H and O–H groups in total. The van der Waals surface area contributed by atoms with Gasteiger partial charge in [0.1, 0.15) is 0 Å². The van der Waals surface area contributed by atoms with E-state index in [0.29, 0.717) is 18.7 Å². The highest BCUT2D eigenvalue weighted by Crippen LogP contribution is 2.09. The second-order valence-electron chi connectivity index (χ2n) is 5.78. The van der Waals surface area contributed by atoms with Gasteiger partial charge in [-0.05, 0) is 43.5 Å². The van der Waals surface area contributed by atoms with Crippen molar-refractivity contribution in [2.45, 2.75) is 27.3 Å². The summed E-state index contributed by atoms with van der Waals surface area (Å²) in [7, 11) is 0. The lowest BCUT2D eigenvalue weighted by atomic mass is 10.1. The lowest BCUT2D eigenvalue weighted by Gasteiger charge is -2.10. The third-order valence-electron chi connectivity index (χ3n) is 3.57. The van der Waals surface area contributed by atoms with Crippen molar-refractivity contribution < 1.29 is 9.90 Å². The molecule has 1 atom stereocenters. The number of hydrogen-bond donors (Lipinski definition) is 2. The van der Waals surface area contributed by atoms with Crippen LogP contribution in [0.25, 0.3) is 0 Å².